The van der Waals surface area contributed by atoms with Gasteiger partial charge in [-0.15, -0.1) is 11.8 Å². The quantitative estimate of drug-likeness (QED) is 0.757. The molecule has 0 spiro atoms. The molecule has 0 fully saturated rings. The van der Waals surface area contributed by atoms with E-state index in [9.17, 15) is 0 Å². The standard InChI is InChI=1S/C14H24N2S/c1-11(2)17-13-8-6-12(7-9-13)16-14(3,4)10-15-5/h6-9,11,15-16H,10H2,1-5H3. The van der Waals surface area contributed by atoms with Gasteiger partial charge >= 0.3 is 0 Å². The molecule has 0 atom stereocenters. The Morgan fingerprint density at radius 3 is 2.24 bits per heavy atom. The lowest BCUT2D eigenvalue weighted by atomic mass is 10.1. The summed E-state index contributed by atoms with van der Waals surface area (Å²) < 4.78 is 0. The second kappa shape index (κ2) is 6.31. The van der Waals surface area contributed by atoms with E-state index >= 15 is 0 Å². The maximum atomic E-state index is 3.53. The van der Waals surface area contributed by atoms with Crippen LogP contribution in [0.15, 0.2) is 29.2 Å². The lowest BCUT2D eigenvalue weighted by Crippen LogP contribution is -2.40. The van der Waals surface area contributed by atoms with Crippen molar-refractivity contribution in [3.05, 3.63) is 24.3 Å². The molecule has 0 unspecified atom stereocenters. The zero-order chi connectivity index (χ0) is 12.9. The predicted octanol–water partition coefficient (Wildman–Crippen LogP) is 3.60. The molecule has 0 radical (unpaired) electrons. The Hall–Kier alpha value is -0.670. The van der Waals surface area contributed by atoms with E-state index in [1.54, 1.807) is 0 Å². The molecule has 0 aromatic heterocycles. The Balaban J connectivity index is 2.62. The van der Waals surface area contributed by atoms with Crippen LogP contribution in [0.5, 0.6) is 0 Å². The molecular weight excluding hydrogens is 228 g/mol. The fourth-order valence-corrected chi connectivity index (χ4v) is 2.60. The van der Waals surface area contributed by atoms with Crippen LogP contribution < -0.4 is 10.6 Å². The summed E-state index contributed by atoms with van der Waals surface area (Å²) in [6.45, 7) is 9.76. The van der Waals surface area contributed by atoms with E-state index in [0.29, 0.717) is 5.25 Å². The van der Waals surface area contributed by atoms with Crippen LogP contribution in [-0.2, 0) is 0 Å². The molecule has 1 aromatic rings. The fourth-order valence-electron chi connectivity index (χ4n) is 1.77. The van der Waals surface area contributed by atoms with Crippen LogP contribution in [0, 0.1) is 0 Å². The molecule has 0 heterocycles. The van der Waals surface area contributed by atoms with Crippen LogP contribution in [0.1, 0.15) is 27.7 Å². The summed E-state index contributed by atoms with van der Waals surface area (Å²) in [7, 11) is 1.98. The summed E-state index contributed by atoms with van der Waals surface area (Å²) in [5.41, 5.74) is 1.25. The topological polar surface area (TPSA) is 24.1 Å². The average molecular weight is 252 g/mol. The number of hydrogen-bond acceptors (Lipinski definition) is 3. The molecule has 1 rings (SSSR count). The first kappa shape index (κ1) is 14.4. The van der Waals surface area contributed by atoms with Crippen LogP contribution >= 0.6 is 11.8 Å². The van der Waals surface area contributed by atoms with Gasteiger partial charge in [0.15, 0.2) is 0 Å². The number of thioether (sulfide) groups is 1. The van der Waals surface area contributed by atoms with Gasteiger partial charge in [0.2, 0.25) is 0 Å². The summed E-state index contributed by atoms with van der Waals surface area (Å²) in [6.07, 6.45) is 0. The lowest BCUT2D eigenvalue weighted by Gasteiger charge is -2.27. The molecule has 0 saturated heterocycles. The van der Waals surface area contributed by atoms with Gasteiger partial charge in [0.25, 0.3) is 0 Å². The second-order valence-electron chi connectivity index (χ2n) is 5.23. The summed E-state index contributed by atoms with van der Waals surface area (Å²) in [6, 6.07) is 8.68. The SMILES string of the molecule is CNCC(C)(C)Nc1ccc(SC(C)C)cc1. The Labute approximate surface area is 110 Å². The van der Waals surface area contributed by atoms with Gasteiger partial charge in [0.05, 0.1) is 0 Å². The lowest BCUT2D eigenvalue weighted by molar-refractivity contribution is 0.530. The van der Waals surface area contributed by atoms with Gasteiger partial charge < -0.3 is 10.6 Å². The first-order valence-electron chi connectivity index (χ1n) is 6.12. The van der Waals surface area contributed by atoms with E-state index < -0.39 is 0 Å². The number of benzene rings is 1. The number of anilines is 1. The minimum Gasteiger partial charge on any atom is -0.379 e. The molecule has 0 saturated carbocycles. The van der Waals surface area contributed by atoms with Gasteiger partial charge in [0.1, 0.15) is 0 Å². The maximum Gasteiger partial charge on any atom is 0.0441 e. The first-order valence-corrected chi connectivity index (χ1v) is 7.00. The van der Waals surface area contributed by atoms with E-state index in [1.807, 2.05) is 18.8 Å². The number of hydrogen-bond donors (Lipinski definition) is 2. The first-order chi connectivity index (χ1) is 7.93. The summed E-state index contributed by atoms with van der Waals surface area (Å²) in [5, 5.41) is 7.36. The van der Waals surface area contributed by atoms with Crippen molar-refractivity contribution < 1.29 is 0 Å². The van der Waals surface area contributed by atoms with Crippen LogP contribution in [0.4, 0.5) is 5.69 Å². The van der Waals surface area contributed by atoms with E-state index in [-0.39, 0.29) is 5.54 Å². The van der Waals surface area contributed by atoms with E-state index in [0.717, 1.165) is 6.54 Å². The highest BCUT2D eigenvalue weighted by atomic mass is 32.2. The monoisotopic (exact) mass is 252 g/mol. The Morgan fingerprint density at radius 1 is 1.18 bits per heavy atom. The number of rotatable bonds is 6. The molecule has 17 heavy (non-hydrogen) atoms. The van der Waals surface area contributed by atoms with Crippen molar-refractivity contribution in [2.75, 3.05) is 18.9 Å². The van der Waals surface area contributed by atoms with E-state index in [1.165, 1.54) is 10.6 Å². The van der Waals surface area contributed by atoms with E-state index in [4.69, 9.17) is 0 Å². The molecule has 2 N–H and O–H groups in total. The summed E-state index contributed by atoms with van der Waals surface area (Å²) in [5.74, 6) is 0. The number of nitrogens with one attached hydrogen (secondary N) is 2. The highest BCUT2D eigenvalue weighted by Gasteiger charge is 2.15. The third-order valence-electron chi connectivity index (χ3n) is 2.33. The molecule has 1 aromatic carbocycles. The van der Waals surface area contributed by atoms with Crippen molar-refractivity contribution in [1.29, 1.82) is 0 Å². The highest BCUT2D eigenvalue weighted by molar-refractivity contribution is 7.99. The molecule has 96 valence electrons. The summed E-state index contributed by atoms with van der Waals surface area (Å²) in [4.78, 5) is 1.33. The van der Waals surface area contributed by atoms with Gasteiger partial charge in [-0.1, -0.05) is 13.8 Å². The minimum absolute atomic E-state index is 0.0709. The van der Waals surface area contributed by atoms with Gasteiger partial charge in [-0.05, 0) is 45.2 Å². The molecule has 0 amide bonds. The normalized spacial score (nSPS) is 11.9. The van der Waals surface area contributed by atoms with Gasteiger partial charge in [-0.2, -0.15) is 0 Å². The molecule has 2 nitrogen and oxygen atoms in total. The Bertz CT molecular complexity index is 331. The van der Waals surface area contributed by atoms with E-state index in [2.05, 4.69) is 62.6 Å². The van der Waals surface area contributed by atoms with Gasteiger partial charge in [-0.25, -0.2) is 0 Å². The molecule has 0 aliphatic rings. The molecule has 3 heteroatoms. The second-order valence-corrected chi connectivity index (χ2v) is 6.88. The van der Waals surface area contributed by atoms with Crippen molar-refractivity contribution in [3.63, 3.8) is 0 Å². The van der Waals surface area contributed by atoms with Crippen molar-refractivity contribution >= 4 is 17.4 Å². The third kappa shape index (κ3) is 5.46. The van der Waals surface area contributed by atoms with Crippen LogP contribution in [0.25, 0.3) is 0 Å². The van der Waals surface area contributed by atoms with Gasteiger partial charge in [0, 0.05) is 27.9 Å². The maximum absolute atomic E-state index is 3.53. The van der Waals surface area contributed by atoms with Crippen molar-refractivity contribution in [2.45, 2.75) is 43.4 Å². The van der Waals surface area contributed by atoms with Gasteiger partial charge in [-0.3, -0.25) is 0 Å². The van der Waals surface area contributed by atoms with Crippen LogP contribution in [-0.4, -0.2) is 24.4 Å². The Morgan fingerprint density at radius 2 is 1.76 bits per heavy atom. The zero-order valence-corrected chi connectivity index (χ0v) is 12.3. The predicted molar refractivity (Wildman–Crippen MR) is 79.1 cm³/mol. The average Bonchev–Trinajstić information content (AvgIpc) is 2.19. The Kier molecular flexibility index (Phi) is 5.34. The fraction of sp³-hybridized carbons (Fsp3) is 0.571. The molecule has 0 aliphatic carbocycles. The van der Waals surface area contributed by atoms with Crippen LogP contribution in [0.3, 0.4) is 0 Å². The molecule has 0 aliphatic heterocycles. The van der Waals surface area contributed by atoms with Crippen molar-refractivity contribution in [3.8, 4) is 0 Å². The highest BCUT2D eigenvalue weighted by Crippen LogP contribution is 2.25. The number of likely N-dealkylation sites (N-methyl/N-ethyl adjacent to an activating group) is 1. The van der Waals surface area contributed by atoms with Crippen molar-refractivity contribution in [1.82, 2.24) is 5.32 Å². The zero-order valence-electron chi connectivity index (χ0n) is 11.5. The van der Waals surface area contributed by atoms with Crippen molar-refractivity contribution in [2.24, 2.45) is 0 Å². The molecule has 0 bridgehead atoms. The molecular formula is C14H24N2S. The smallest absolute Gasteiger partial charge is 0.0441 e. The largest absolute Gasteiger partial charge is 0.379 e. The minimum atomic E-state index is 0.0709. The summed E-state index contributed by atoms with van der Waals surface area (Å²) >= 11 is 1.90. The third-order valence-corrected chi connectivity index (χ3v) is 3.34. The van der Waals surface area contributed by atoms with Crippen LogP contribution in [0.2, 0.25) is 0 Å².